The Kier molecular flexibility index (Phi) is 4.99. The highest BCUT2D eigenvalue weighted by atomic mass is 32.2. The summed E-state index contributed by atoms with van der Waals surface area (Å²) in [5.74, 6) is 1.00. The van der Waals surface area contributed by atoms with Crippen LogP contribution in [0.4, 0.5) is 0 Å². The fourth-order valence-electron chi connectivity index (χ4n) is 3.13. The van der Waals surface area contributed by atoms with Crippen molar-refractivity contribution in [2.75, 3.05) is 18.8 Å². The molecule has 1 atom stereocenters. The standard InChI is InChI=1S/C19H19N3OS2/c23-18(13-24-17-9-3-4-10-20-17)22-11-5-6-14(12-22)19-21-15-7-1-2-8-16(15)25-19/h1-4,7-10,14H,5-6,11-13H2/t14-/m0/s1. The lowest BCUT2D eigenvalue weighted by atomic mass is 9.99. The Morgan fingerprint density at radius 1 is 1.24 bits per heavy atom. The Balaban J connectivity index is 1.41. The van der Waals surface area contributed by atoms with E-state index in [9.17, 15) is 4.79 Å². The van der Waals surface area contributed by atoms with Crippen molar-refractivity contribution >= 4 is 39.2 Å². The van der Waals surface area contributed by atoms with E-state index in [-0.39, 0.29) is 5.91 Å². The third kappa shape index (κ3) is 3.85. The van der Waals surface area contributed by atoms with Crippen LogP contribution in [0.1, 0.15) is 23.8 Å². The monoisotopic (exact) mass is 369 g/mol. The normalized spacial score (nSPS) is 17.8. The van der Waals surface area contributed by atoms with Crippen molar-refractivity contribution in [3.05, 3.63) is 53.7 Å². The van der Waals surface area contributed by atoms with Crippen molar-refractivity contribution in [2.24, 2.45) is 0 Å². The lowest BCUT2D eigenvalue weighted by Crippen LogP contribution is -2.40. The summed E-state index contributed by atoms with van der Waals surface area (Å²) in [6, 6.07) is 14.0. The highest BCUT2D eigenvalue weighted by molar-refractivity contribution is 7.99. The first-order valence-corrected chi connectivity index (χ1v) is 10.3. The van der Waals surface area contributed by atoms with Gasteiger partial charge in [0.05, 0.1) is 26.0 Å². The Bertz CT molecular complexity index is 832. The largest absolute Gasteiger partial charge is 0.341 e. The van der Waals surface area contributed by atoms with Gasteiger partial charge in [0.2, 0.25) is 5.91 Å². The van der Waals surface area contributed by atoms with Gasteiger partial charge in [0.15, 0.2) is 0 Å². The number of aromatic nitrogens is 2. The smallest absolute Gasteiger partial charge is 0.233 e. The summed E-state index contributed by atoms with van der Waals surface area (Å²) in [7, 11) is 0. The number of rotatable bonds is 4. The Morgan fingerprint density at radius 3 is 2.96 bits per heavy atom. The predicted octanol–water partition coefficient (Wildman–Crippen LogP) is 4.19. The minimum atomic E-state index is 0.196. The van der Waals surface area contributed by atoms with Gasteiger partial charge in [-0.1, -0.05) is 30.0 Å². The number of likely N-dealkylation sites (tertiary alicyclic amines) is 1. The zero-order valence-electron chi connectivity index (χ0n) is 13.8. The van der Waals surface area contributed by atoms with Gasteiger partial charge < -0.3 is 4.90 Å². The summed E-state index contributed by atoms with van der Waals surface area (Å²) >= 11 is 3.27. The average Bonchev–Trinajstić information content (AvgIpc) is 3.11. The van der Waals surface area contributed by atoms with Crippen LogP contribution in [0.25, 0.3) is 10.2 Å². The summed E-state index contributed by atoms with van der Waals surface area (Å²) < 4.78 is 1.23. The molecule has 1 amide bonds. The zero-order valence-corrected chi connectivity index (χ0v) is 15.4. The summed E-state index contributed by atoms with van der Waals surface area (Å²) in [5, 5.41) is 2.06. The van der Waals surface area contributed by atoms with Gasteiger partial charge in [0, 0.05) is 25.2 Å². The Morgan fingerprint density at radius 2 is 2.12 bits per heavy atom. The maximum atomic E-state index is 12.6. The molecule has 1 fully saturated rings. The number of amides is 1. The first kappa shape index (κ1) is 16.5. The van der Waals surface area contributed by atoms with Gasteiger partial charge in [0.25, 0.3) is 0 Å². The summed E-state index contributed by atoms with van der Waals surface area (Å²) in [4.78, 5) is 23.6. The topological polar surface area (TPSA) is 46.1 Å². The summed E-state index contributed by atoms with van der Waals surface area (Å²) in [6.45, 7) is 1.63. The number of fused-ring (bicyclic) bond motifs is 1. The van der Waals surface area contributed by atoms with Crippen LogP contribution >= 0.6 is 23.1 Å². The van der Waals surface area contributed by atoms with Crippen LogP contribution in [-0.2, 0) is 4.79 Å². The molecule has 0 radical (unpaired) electrons. The third-order valence-corrected chi connectivity index (χ3v) is 6.54. The molecule has 25 heavy (non-hydrogen) atoms. The van der Waals surface area contributed by atoms with Gasteiger partial charge in [-0.2, -0.15) is 0 Å². The van der Waals surface area contributed by atoms with Gasteiger partial charge in [-0.15, -0.1) is 11.3 Å². The molecule has 4 nitrogen and oxygen atoms in total. The van der Waals surface area contributed by atoms with Crippen molar-refractivity contribution in [3.63, 3.8) is 0 Å². The number of thioether (sulfide) groups is 1. The maximum Gasteiger partial charge on any atom is 0.233 e. The van der Waals surface area contributed by atoms with Gasteiger partial charge in [0.1, 0.15) is 0 Å². The number of carbonyl (C=O) groups is 1. The van der Waals surface area contributed by atoms with E-state index in [4.69, 9.17) is 4.98 Å². The molecule has 1 aliphatic rings. The van der Waals surface area contributed by atoms with E-state index in [1.54, 1.807) is 17.5 Å². The molecule has 1 saturated heterocycles. The SMILES string of the molecule is O=C(CSc1ccccn1)N1CCC[C@H](c2nc3ccccc3s2)C1. The predicted molar refractivity (Wildman–Crippen MR) is 103 cm³/mol. The van der Waals surface area contributed by atoms with E-state index in [1.165, 1.54) is 16.5 Å². The van der Waals surface area contributed by atoms with Crippen molar-refractivity contribution in [3.8, 4) is 0 Å². The van der Waals surface area contributed by atoms with Gasteiger partial charge in [-0.3, -0.25) is 4.79 Å². The molecule has 4 rings (SSSR count). The number of carbonyl (C=O) groups excluding carboxylic acids is 1. The van der Waals surface area contributed by atoms with Crippen LogP contribution in [0.5, 0.6) is 0 Å². The van der Waals surface area contributed by atoms with Crippen LogP contribution in [0.15, 0.2) is 53.7 Å². The zero-order chi connectivity index (χ0) is 17.1. The number of hydrogen-bond donors (Lipinski definition) is 0. The molecular formula is C19H19N3OS2. The second-order valence-electron chi connectivity index (χ2n) is 6.16. The molecule has 0 saturated carbocycles. The Hall–Kier alpha value is -1.92. The van der Waals surface area contributed by atoms with Crippen molar-refractivity contribution in [1.29, 1.82) is 0 Å². The van der Waals surface area contributed by atoms with E-state index in [0.29, 0.717) is 11.7 Å². The minimum Gasteiger partial charge on any atom is -0.341 e. The van der Waals surface area contributed by atoms with Crippen molar-refractivity contribution < 1.29 is 4.79 Å². The fraction of sp³-hybridized carbons (Fsp3) is 0.316. The Labute approximate surface area is 155 Å². The van der Waals surface area contributed by atoms with Crippen LogP contribution < -0.4 is 0 Å². The molecule has 128 valence electrons. The van der Waals surface area contributed by atoms with E-state index < -0.39 is 0 Å². The number of hydrogen-bond acceptors (Lipinski definition) is 5. The maximum absolute atomic E-state index is 12.6. The molecule has 1 aromatic carbocycles. The number of benzene rings is 1. The molecule has 6 heteroatoms. The van der Waals surface area contributed by atoms with Gasteiger partial charge in [-0.05, 0) is 37.1 Å². The highest BCUT2D eigenvalue weighted by Gasteiger charge is 2.26. The molecule has 3 aromatic rings. The number of piperidine rings is 1. The molecule has 3 heterocycles. The van der Waals surface area contributed by atoms with Crippen LogP contribution in [0.3, 0.4) is 0 Å². The van der Waals surface area contributed by atoms with E-state index >= 15 is 0 Å². The van der Waals surface area contributed by atoms with E-state index in [0.717, 1.165) is 41.5 Å². The molecule has 0 spiro atoms. The first-order chi connectivity index (χ1) is 12.3. The molecule has 2 aromatic heterocycles. The average molecular weight is 370 g/mol. The van der Waals surface area contributed by atoms with Gasteiger partial charge >= 0.3 is 0 Å². The van der Waals surface area contributed by atoms with E-state index in [1.807, 2.05) is 29.2 Å². The molecule has 0 N–H and O–H groups in total. The molecule has 1 aliphatic heterocycles. The summed E-state index contributed by atoms with van der Waals surface area (Å²) in [5.41, 5.74) is 1.07. The molecular weight excluding hydrogens is 350 g/mol. The number of thiazole rings is 1. The van der Waals surface area contributed by atoms with Crippen LogP contribution in [0, 0.1) is 0 Å². The number of nitrogens with zero attached hydrogens (tertiary/aromatic N) is 3. The second kappa shape index (κ2) is 7.54. The third-order valence-electron chi connectivity index (χ3n) is 4.42. The number of para-hydroxylation sites is 1. The lowest BCUT2D eigenvalue weighted by Gasteiger charge is -2.31. The lowest BCUT2D eigenvalue weighted by molar-refractivity contribution is -0.129. The van der Waals surface area contributed by atoms with Crippen molar-refractivity contribution in [2.45, 2.75) is 23.8 Å². The fourth-order valence-corrected chi connectivity index (χ4v) is 4.99. The van der Waals surface area contributed by atoms with Crippen LogP contribution in [0.2, 0.25) is 0 Å². The first-order valence-electron chi connectivity index (χ1n) is 8.47. The summed E-state index contributed by atoms with van der Waals surface area (Å²) in [6.07, 6.45) is 3.91. The van der Waals surface area contributed by atoms with E-state index in [2.05, 4.69) is 23.2 Å². The minimum absolute atomic E-state index is 0.196. The molecule has 0 aliphatic carbocycles. The van der Waals surface area contributed by atoms with Crippen molar-refractivity contribution in [1.82, 2.24) is 14.9 Å². The van der Waals surface area contributed by atoms with Gasteiger partial charge in [-0.25, -0.2) is 9.97 Å². The molecule has 0 unspecified atom stereocenters. The number of pyridine rings is 1. The second-order valence-corrected chi connectivity index (χ2v) is 8.21. The quantitative estimate of drug-likeness (QED) is 0.647. The van der Waals surface area contributed by atoms with Crippen LogP contribution in [-0.4, -0.2) is 39.6 Å². The molecule has 0 bridgehead atoms. The highest BCUT2D eigenvalue weighted by Crippen LogP contribution is 2.33.